The van der Waals surface area contributed by atoms with E-state index in [1.54, 1.807) is 13.0 Å². The van der Waals surface area contributed by atoms with Crippen molar-refractivity contribution >= 4 is 33.3 Å². The molecular formula is C19H25ClN4O4S. The third kappa shape index (κ3) is 4.73. The van der Waals surface area contributed by atoms with E-state index in [2.05, 4.69) is 10.00 Å². The van der Waals surface area contributed by atoms with Crippen molar-refractivity contribution in [3.63, 3.8) is 0 Å². The number of halogens is 1. The molecule has 1 aliphatic heterocycles. The number of piperazine rings is 1. The molecule has 158 valence electrons. The zero-order valence-electron chi connectivity index (χ0n) is 16.5. The van der Waals surface area contributed by atoms with Crippen LogP contribution < -0.4 is 4.90 Å². The third-order valence-corrected chi connectivity index (χ3v) is 6.74. The maximum absolute atomic E-state index is 13.2. The Kier molecular flexibility index (Phi) is 6.81. The van der Waals surface area contributed by atoms with Crippen LogP contribution in [-0.4, -0.2) is 61.3 Å². The highest BCUT2D eigenvalue weighted by molar-refractivity contribution is 7.89. The summed E-state index contributed by atoms with van der Waals surface area (Å²) < 4.78 is 34.4. The minimum absolute atomic E-state index is 0.0161. The molecule has 1 aliphatic rings. The van der Waals surface area contributed by atoms with Gasteiger partial charge in [0.05, 0.1) is 6.61 Å². The van der Waals surface area contributed by atoms with Crippen LogP contribution in [0, 0.1) is 0 Å². The number of esters is 1. The SMILES string of the molecule is CCCn1cc(C(=O)OCC)c(S(=O)(=O)N2CCN(c3cccc(Cl)c3)CC2)n1. The molecule has 1 fully saturated rings. The van der Waals surface area contributed by atoms with Gasteiger partial charge in [0, 0.05) is 49.6 Å². The molecule has 1 saturated heterocycles. The van der Waals surface area contributed by atoms with Gasteiger partial charge in [-0.05, 0) is 31.5 Å². The van der Waals surface area contributed by atoms with Crippen LogP contribution >= 0.6 is 11.6 Å². The van der Waals surface area contributed by atoms with Gasteiger partial charge in [-0.1, -0.05) is 24.6 Å². The van der Waals surface area contributed by atoms with Crippen LogP contribution in [0.15, 0.2) is 35.5 Å². The Labute approximate surface area is 176 Å². The van der Waals surface area contributed by atoms with Crippen molar-refractivity contribution in [3.8, 4) is 0 Å². The number of aryl methyl sites for hydroxylation is 1. The van der Waals surface area contributed by atoms with E-state index in [0.29, 0.717) is 24.7 Å². The molecule has 2 aromatic rings. The Morgan fingerprint density at radius 2 is 1.93 bits per heavy atom. The maximum Gasteiger partial charge on any atom is 0.342 e. The van der Waals surface area contributed by atoms with Crippen molar-refractivity contribution in [3.05, 3.63) is 41.0 Å². The van der Waals surface area contributed by atoms with Gasteiger partial charge >= 0.3 is 5.97 Å². The van der Waals surface area contributed by atoms with Gasteiger partial charge in [-0.25, -0.2) is 13.2 Å². The fourth-order valence-corrected chi connectivity index (χ4v) is 4.96. The average molecular weight is 441 g/mol. The number of anilines is 1. The molecule has 1 aromatic carbocycles. The summed E-state index contributed by atoms with van der Waals surface area (Å²) in [5.74, 6) is -0.675. The van der Waals surface area contributed by atoms with E-state index >= 15 is 0 Å². The van der Waals surface area contributed by atoms with E-state index in [9.17, 15) is 13.2 Å². The molecule has 0 spiro atoms. The Bertz CT molecular complexity index is 968. The Hall–Kier alpha value is -2.10. The van der Waals surface area contributed by atoms with Gasteiger partial charge in [-0.15, -0.1) is 0 Å². The molecular weight excluding hydrogens is 416 g/mol. The summed E-state index contributed by atoms with van der Waals surface area (Å²) >= 11 is 6.06. The van der Waals surface area contributed by atoms with E-state index in [0.717, 1.165) is 12.1 Å². The van der Waals surface area contributed by atoms with Crippen molar-refractivity contribution in [2.75, 3.05) is 37.7 Å². The molecule has 0 atom stereocenters. The average Bonchev–Trinajstić information content (AvgIpc) is 3.14. The quantitative estimate of drug-likeness (QED) is 0.615. The van der Waals surface area contributed by atoms with Gasteiger partial charge in [0.15, 0.2) is 0 Å². The Balaban J connectivity index is 1.81. The minimum Gasteiger partial charge on any atom is -0.462 e. The first-order chi connectivity index (χ1) is 13.9. The number of hydrogen-bond acceptors (Lipinski definition) is 6. The third-order valence-electron chi connectivity index (χ3n) is 4.67. The molecule has 10 heteroatoms. The fraction of sp³-hybridized carbons (Fsp3) is 0.474. The molecule has 1 aromatic heterocycles. The number of carbonyl (C=O) groups is 1. The Morgan fingerprint density at radius 1 is 1.21 bits per heavy atom. The molecule has 29 heavy (non-hydrogen) atoms. The van der Waals surface area contributed by atoms with Crippen LogP contribution in [0.2, 0.25) is 5.02 Å². The normalized spacial score (nSPS) is 15.5. The lowest BCUT2D eigenvalue weighted by Crippen LogP contribution is -2.49. The molecule has 0 bridgehead atoms. The van der Waals surface area contributed by atoms with Gasteiger partial charge in [0.25, 0.3) is 10.0 Å². The summed E-state index contributed by atoms with van der Waals surface area (Å²) in [6, 6.07) is 7.47. The summed E-state index contributed by atoms with van der Waals surface area (Å²) in [6.07, 6.45) is 2.22. The molecule has 0 radical (unpaired) electrons. The lowest BCUT2D eigenvalue weighted by molar-refractivity contribution is 0.0521. The molecule has 0 saturated carbocycles. The van der Waals surface area contributed by atoms with Crippen molar-refractivity contribution in [1.29, 1.82) is 0 Å². The van der Waals surface area contributed by atoms with E-state index in [4.69, 9.17) is 16.3 Å². The smallest absolute Gasteiger partial charge is 0.342 e. The van der Waals surface area contributed by atoms with E-state index in [1.165, 1.54) is 15.2 Å². The molecule has 0 amide bonds. The first-order valence-electron chi connectivity index (χ1n) is 9.62. The Morgan fingerprint density at radius 3 is 2.55 bits per heavy atom. The summed E-state index contributed by atoms with van der Waals surface area (Å²) in [5, 5.41) is 4.60. The number of aromatic nitrogens is 2. The lowest BCUT2D eigenvalue weighted by Gasteiger charge is -2.35. The highest BCUT2D eigenvalue weighted by atomic mass is 35.5. The number of nitrogens with zero attached hydrogens (tertiary/aromatic N) is 4. The number of ether oxygens (including phenoxy) is 1. The summed E-state index contributed by atoms with van der Waals surface area (Å²) in [4.78, 5) is 14.4. The topological polar surface area (TPSA) is 84.7 Å². The second-order valence-electron chi connectivity index (χ2n) is 6.70. The predicted octanol–water partition coefficient (Wildman–Crippen LogP) is 2.63. The fourth-order valence-electron chi connectivity index (χ4n) is 3.27. The van der Waals surface area contributed by atoms with E-state index < -0.39 is 16.0 Å². The largest absolute Gasteiger partial charge is 0.462 e. The number of benzene rings is 1. The number of hydrogen-bond donors (Lipinski definition) is 0. The van der Waals surface area contributed by atoms with E-state index in [1.807, 2.05) is 25.1 Å². The van der Waals surface area contributed by atoms with Crippen LogP contribution in [0.5, 0.6) is 0 Å². The van der Waals surface area contributed by atoms with Gasteiger partial charge in [-0.3, -0.25) is 4.68 Å². The first-order valence-corrected chi connectivity index (χ1v) is 11.4. The van der Waals surface area contributed by atoms with Crippen molar-refractivity contribution in [2.24, 2.45) is 0 Å². The lowest BCUT2D eigenvalue weighted by atomic mass is 10.2. The van der Waals surface area contributed by atoms with Crippen LogP contribution in [-0.2, 0) is 21.3 Å². The molecule has 2 heterocycles. The second-order valence-corrected chi connectivity index (χ2v) is 8.99. The molecule has 0 aliphatic carbocycles. The van der Waals surface area contributed by atoms with Crippen LogP contribution in [0.25, 0.3) is 0 Å². The second kappa shape index (κ2) is 9.15. The monoisotopic (exact) mass is 440 g/mol. The van der Waals surface area contributed by atoms with Gasteiger partial charge in [0.2, 0.25) is 5.03 Å². The number of sulfonamides is 1. The standard InChI is InChI=1S/C19H25ClN4O4S/c1-3-8-23-14-17(19(25)28-4-2)18(21-23)29(26,27)24-11-9-22(10-12-24)16-7-5-6-15(20)13-16/h5-7,13-14H,3-4,8-12H2,1-2H3. The zero-order valence-corrected chi connectivity index (χ0v) is 18.1. The first kappa shape index (κ1) is 21.6. The zero-order chi connectivity index (χ0) is 21.0. The molecule has 0 unspecified atom stereocenters. The highest BCUT2D eigenvalue weighted by Gasteiger charge is 2.35. The molecule has 0 N–H and O–H groups in total. The predicted molar refractivity (Wildman–Crippen MR) is 111 cm³/mol. The van der Waals surface area contributed by atoms with Gasteiger partial charge < -0.3 is 9.64 Å². The highest BCUT2D eigenvalue weighted by Crippen LogP contribution is 2.25. The van der Waals surface area contributed by atoms with Crippen molar-refractivity contribution in [2.45, 2.75) is 31.8 Å². The number of carbonyl (C=O) groups excluding carboxylic acids is 1. The molecule has 3 rings (SSSR count). The minimum atomic E-state index is -3.92. The van der Waals surface area contributed by atoms with E-state index in [-0.39, 0.29) is 30.3 Å². The number of rotatable bonds is 7. The van der Waals surface area contributed by atoms with Crippen molar-refractivity contribution < 1.29 is 17.9 Å². The summed E-state index contributed by atoms with van der Waals surface area (Å²) in [7, 11) is -3.92. The molecule has 8 nitrogen and oxygen atoms in total. The van der Waals surface area contributed by atoms with Crippen LogP contribution in [0.3, 0.4) is 0 Å². The van der Waals surface area contributed by atoms with Crippen LogP contribution in [0.4, 0.5) is 5.69 Å². The van der Waals surface area contributed by atoms with Crippen LogP contribution in [0.1, 0.15) is 30.6 Å². The van der Waals surface area contributed by atoms with Crippen molar-refractivity contribution in [1.82, 2.24) is 14.1 Å². The van der Waals surface area contributed by atoms with Gasteiger partial charge in [0.1, 0.15) is 5.56 Å². The maximum atomic E-state index is 13.2. The summed E-state index contributed by atoms with van der Waals surface area (Å²) in [5.41, 5.74) is 0.937. The van der Waals surface area contributed by atoms with Gasteiger partial charge in [-0.2, -0.15) is 9.40 Å². The summed E-state index contributed by atoms with van der Waals surface area (Å²) in [6.45, 7) is 5.93.